The van der Waals surface area contributed by atoms with Crippen LogP contribution in [0.1, 0.15) is 32.6 Å². The van der Waals surface area contributed by atoms with E-state index in [1.54, 1.807) is 7.11 Å². The fourth-order valence-corrected chi connectivity index (χ4v) is 4.28. The van der Waals surface area contributed by atoms with Crippen LogP contribution < -0.4 is 10.6 Å². The number of ether oxygens (including phenoxy) is 2. The number of nitrogens with zero attached hydrogens (tertiary/aromatic N) is 2. The quantitative estimate of drug-likeness (QED) is 0.293. The molecule has 2 saturated heterocycles. The van der Waals surface area contributed by atoms with Gasteiger partial charge in [-0.2, -0.15) is 17.5 Å². The van der Waals surface area contributed by atoms with E-state index in [9.17, 15) is 21.6 Å². The highest BCUT2D eigenvalue weighted by Crippen LogP contribution is 2.29. The first-order chi connectivity index (χ1) is 13.1. The van der Waals surface area contributed by atoms with Crippen molar-refractivity contribution in [3.8, 4) is 0 Å². The first-order valence-electron chi connectivity index (χ1n) is 9.38. The molecule has 0 radical (unpaired) electrons. The Kier molecular flexibility index (Phi) is 10.4. The number of sulfonamides is 1. The van der Waals surface area contributed by atoms with Crippen molar-refractivity contribution in [3.63, 3.8) is 0 Å². The van der Waals surface area contributed by atoms with Gasteiger partial charge < -0.3 is 20.1 Å². The van der Waals surface area contributed by atoms with Crippen LogP contribution >= 0.6 is 24.0 Å². The number of alkyl halides is 3. The van der Waals surface area contributed by atoms with Gasteiger partial charge >= 0.3 is 15.5 Å². The first kappa shape index (κ1) is 26.7. The Morgan fingerprint density at radius 3 is 2.34 bits per heavy atom. The summed E-state index contributed by atoms with van der Waals surface area (Å²) in [5.74, 6) is 0.544. The minimum Gasteiger partial charge on any atom is -0.381 e. The zero-order chi connectivity index (χ0) is 20.8. The van der Waals surface area contributed by atoms with Gasteiger partial charge in [0.15, 0.2) is 5.96 Å². The summed E-state index contributed by atoms with van der Waals surface area (Å²) in [7, 11) is -3.62. The molecule has 0 spiro atoms. The predicted octanol–water partition coefficient (Wildman–Crippen LogP) is 1.67. The van der Waals surface area contributed by atoms with E-state index in [4.69, 9.17) is 9.47 Å². The van der Waals surface area contributed by atoms with Crippen molar-refractivity contribution < 1.29 is 31.1 Å². The standard InChI is InChI=1S/C16H29F3N4O4S.HI/c1-3-20-14(21-12-15(26-2)6-10-27-11-7-15)22-13-4-8-23(9-5-13)28(24,25)16(17,18)19;/h13H,3-12H2,1-2H3,(H2,20,21,22);1H. The van der Waals surface area contributed by atoms with Gasteiger partial charge in [0.05, 0.1) is 12.1 Å². The molecule has 29 heavy (non-hydrogen) atoms. The topological polar surface area (TPSA) is 92.3 Å². The molecule has 2 heterocycles. The molecular formula is C16H30F3IN4O4S. The summed E-state index contributed by atoms with van der Waals surface area (Å²) in [5, 5.41) is 6.31. The molecule has 2 N–H and O–H groups in total. The Hall–Kier alpha value is -0.380. The summed E-state index contributed by atoms with van der Waals surface area (Å²) in [4.78, 5) is 4.58. The van der Waals surface area contributed by atoms with Crippen LogP contribution in [0.5, 0.6) is 0 Å². The fraction of sp³-hybridized carbons (Fsp3) is 0.938. The molecule has 172 valence electrons. The highest BCUT2D eigenvalue weighted by atomic mass is 127. The molecule has 8 nitrogen and oxygen atoms in total. The Bertz CT molecular complexity index is 635. The lowest BCUT2D eigenvalue weighted by molar-refractivity contribution is -0.0829. The number of piperidine rings is 1. The zero-order valence-corrected chi connectivity index (χ0v) is 19.8. The second kappa shape index (κ2) is 11.3. The van der Waals surface area contributed by atoms with Crippen LogP contribution in [0.15, 0.2) is 4.99 Å². The van der Waals surface area contributed by atoms with E-state index < -0.39 is 15.5 Å². The van der Waals surface area contributed by atoms with Crippen LogP contribution in [0, 0.1) is 0 Å². The van der Waals surface area contributed by atoms with E-state index in [0.717, 1.165) is 12.8 Å². The van der Waals surface area contributed by atoms with Gasteiger partial charge in [-0.25, -0.2) is 8.42 Å². The SMILES string of the molecule is CCNC(=NCC1(OC)CCOCC1)NC1CCN(S(=O)(=O)C(F)(F)F)CC1.I. The molecule has 2 aliphatic rings. The molecule has 0 aromatic heterocycles. The number of methoxy groups -OCH3 is 1. The van der Waals surface area contributed by atoms with Crippen LogP contribution in [0.2, 0.25) is 0 Å². The monoisotopic (exact) mass is 558 g/mol. The van der Waals surface area contributed by atoms with Crippen LogP contribution in [0.4, 0.5) is 13.2 Å². The third-order valence-electron chi connectivity index (χ3n) is 5.13. The third kappa shape index (κ3) is 7.08. The van der Waals surface area contributed by atoms with Gasteiger partial charge in [0.1, 0.15) is 0 Å². The highest BCUT2D eigenvalue weighted by Gasteiger charge is 2.50. The number of aliphatic imine (C=N–C) groups is 1. The number of rotatable bonds is 6. The Labute approximate surface area is 187 Å². The van der Waals surface area contributed by atoms with Gasteiger partial charge in [0.25, 0.3) is 0 Å². The predicted molar refractivity (Wildman–Crippen MR) is 114 cm³/mol. The van der Waals surface area contributed by atoms with E-state index in [-0.39, 0.29) is 61.6 Å². The number of halogens is 4. The molecule has 0 aliphatic carbocycles. The molecule has 0 amide bonds. The molecule has 2 rings (SSSR count). The van der Waals surface area contributed by atoms with E-state index in [1.807, 2.05) is 6.92 Å². The number of hydrogen-bond acceptors (Lipinski definition) is 5. The Morgan fingerprint density at radius 1 is 1.28 bits per heavy atom. The maximum atomic E-state index is 12.7. The highest BCUT2D eigenvalue weighted by molar-refractivity contribution is 14.0. The molecule has 0 aromatic carbocycles. The molecule has 13 heteroatoms. The van der Waals surface area contributed by atoms with E-state index in [0.29, 0.717) is 36.6 Å². The largest absolute Gasteiger partial charge is 0.511 e. The van der Waals surface area contributed by atoms with E-state index in [2.05, 4.69) is 15.6 Å². The van der Waals surface area contributed by atoms with Crippen molar-refractivity contribution in [2.75, 3.05) is 46.5 Å². The van der Waals surface area contributed by atoms with Gasteiger partial charge in [-0.3, -0.25) is 4.99 Å². The zero-order valence-electron chi connectivity index (χ0n) is 16.6. The second-order valence-electron chi connectivity index (χ2n) is 6.96. The van der Waals surface area contributed by atoms with Gasteiger partial charge in [0.2, 0.25) is 0 Å². The molecule has 2 fully saturated rings. The van der Waals surface area contributed by atoms with Gasteiger partial charge in [-0.15, -0.1) is 24.0 Å². The average Bonchev–Trinajstić information content (AvgIpc) is 2.66. The molecule has 0 unspecified atom stereocenters. The molecule has 2 aliphatic heterocycles. The molecule has 0 bridgehead atoms. The van der Waals surface area contributed by atoms with Crippen molar-refractivity contribution in [1.82, 2.24) is 14.9 Å². The van der Waals surface area contributed by atoms with Crippen LogP contribution in [-0.2, 0) is 19.5 Å². The van der Waals surface area contributed by atoms with Crippen LogP contribution in [0.3, 0.4) is 0 Å². The smallest absolute Gasteiger partial charge is 0.381 e. The lowest BCUT2D eigenvalue weighted by Crippen LogP contribution is -2.52. The summed E-state index contributed by atoms with van der Waals surface area (Å²) < 4.78 is 72.6. The summed E-state index contributed by atoms with van der Waals surface area (Å²) in [6, 6.07) is -0.161. The minimum absolute atomic E-state index is 0. The van der Waals surface area contributed by atoms with E-state index >= 15 is 0 Å². The van der Waals surface area contributed by atoms with Crippen molar-refractivity contribution in [1.29, 1.82) is 0 Å². The Balaban J connectivity index is 0.00000420. The Morgan fingerprint density at radius 2 is 1.86 bits per heavy atom. The minimum atomic E-state index is -5.27. The lowest BCUT2D eigenvalue weighted by atomic mass is 9.94. The molecule has 0 atom stereocenters. The molecule has 0 aromatic rings. The second-order valence-corrected chi connectivity index (χ2v) is 8.89. The summed E-state index contributed by atoms with van der Waals surface area (Å²) in [6.07, 6.45) is 2.01. The van der Waals surface area contributed by atoms with Gasteiger partial charge in [0, 0.05) is 58.8 Å². The van der Waals surface area contributed by atoms with Crippen molar-refractivity contribution in [2.45, 2.75) is 49.8 Å². The van der Waals surface area contributed by atoms with Gasteiger partial charge in [-0.1, -0.05) is 0 Å². The molecular weight excluding hydrogens is 528 g/mol. The van der Waals surface area contributed by atoms with Gasteiger partial charge in [-0.05, 0) is 19.8 Å². The summed E-state index contributed by atoms with van der Waals surface area (Å²) in [5.41, 5.74) is -5.65. The third-order valence-corrected chi connectivity index (χ3v) is 6.76. The average molecular weight is 558 g/mol. The normalized spacial score (nSPS) is 22.0. The maximum Gasteiger partial charge on any atom is 0.511 e. The van der Waals surface area contributed by atoms with Crippen molar-refractivity contribution in [2.24, 2.45) is 4.99 Å². The maximum absolute atomic E-state index is 12.7. The lowest BCUT2D eigenvalue weighted by Gasteiger charge is -2.35. The number of guanidine groups is 1. The number of hydrogen-bond donors (Lipinski definition) is 2. The van der Waals surface area contributed by atoms with Crippen molar-refractivity contribution >= 4 is 40.0 Å². The fourth-order valence-electron chi connectivity index (χ4n) is 3.29. The number of nitrogens with one attached hydrogen (secondary N) is 2. The molecule has 0 saturated carbocycles. The first-order valence-corrected chi connectivity index (χ1v) is 10.8. The summed E-state index contributed by atoms with van der Waals surface area (Å²) >= 11 is 0. The van der Waals surface area contributed by atoms with Crippen molar-refractivity contribution in [3.05, 3.63) is 0 Å². The van der Waals surface area contributed by atoms with Crippen LogP contribution in [0.25, 0.3) is 0 Å². The van der Waals surface area contributed by atoms with Crippen LogP contribution in [-0.4, -0.2) is 82.3 Å². The van der Waals surface area contributed by atoms with E-state index in [1.165, 1.54) is 0 Å². The summed E-state index contributed by atoms with van der Waals surface area (Å²) in [6.45, 7) is 3.82.